The number of fused-ring (bicyclic) bond motifs is 16. The number of carbonyl (C=O) groups is 2. The van der Waals surface area contributed by atoms with E-state index in [1.807, 2.05) is 0 Å². The number of nitrogens with zero attached hydrogens (tertiary/aromatic N) is 4. The first kappa shape index (κ1) is 85.0. The van der Waals surface area contributed by atoms with Crippen LogP contribution in [-0.4, -0.2) is 77.0 Å². The number of aromatic nitrogens is 8. The molecule has 6 N–H and O–H groups in total. The maximum atomic E-state index is 13.3. The Morgan fingerprint density at radius 1 is 0.238 bits per heavy atom. The monoisotopic (exact) mass is 1710 g/mol. The third-order valence-electron chi connectivity index (χ3n) is 25.8. The molecule has 1 fully saturated rings. The summed E-state index contributed by atoms with van der Waals surface area (Å²) in [6, 6.07) is 97.4. The lowest BCUT2D eigenvalue weighted by Gasteiger charge is -2.33. The van der Waals surface area contributed by atoms with Crippen LogP contribution in [0.4, 0.5) is 0 Å². The van der Waals surface area contributed by atoms with Gasteiger partial charge >= 0.3 is 0 Å². The van der Waals surface area contributed by atoms with Crippen LogP contribution in [0.2, 0.25) is 0 Å². The largest absolute Gasteiger partial charge is 0.494 e. The van der Waals surface area contributed by atoms with Crippen molar-refractivity contribution in [1.29, 1.82) is 0 Å². The molecular weight excluding hydrogens is 1600 g/mol. The van der Waals surface area contributed by atoms with Gasteiger partial charge in [0.05, 0.1) is 58.8 Å². The standard InChI is InChI=1S/C116H110N10O4/c127-107(51-31-9-5-1-3-7-11-35-77-129-87-57-53-85(54-58-87)115-103-73-69-99(121-103)111(81-41-23-15-24-42-81)95-65-61-91(117-95)109(79-37-19-13-20-38-79)92-62-66-96(118-92)112(82-43-25-16-26-44-82)100-70-74-104(115)122-100)125-89-49-33-34-50-90(89)126-108(128)52-32-10-6-2-4-8-12-36-78-130-88-59-55-86(56-60-88)116-105-75-71-101(123-105)113(83-45-27-17-28-46-83)97-67-63-93(119-97)110(80-39-21-14-22-40-80)94-64-68-98(120-94)114(84-47-29-18-30-48-84)102-72-76-106(116)124-102/h13-30,37-48,53-76,89-90,117,119,122,124H,1-12,31-36,49-52,77-78H2,(H,125,127)(H,126,128)/t89-,90-/m1/s1. The Balaban J connectivity index is 0.401. The zero-order chi connectivity index (χ0) is 87.6. The second-order valence-electron chi connectivity index (χ2n) is 34.7. The number of hydrogen-bond donors (Lipinski definition) is 6. The Bertz CT molecular complexity index is 6340. The van der Waals surface area contributed by atoms with E-state index < -0.39 is 0 Å². The van der Waals surface area contributed by atoms with Gasteiger partial charge in [0.1, 0.15) is 11.5 Å². The van der Waals surface area contributed by atoms with Crippen LogP contribution in [0.1, 0.15) is 187 Å². The highest BCUT2D eigenvalue weighted by atomic mass is 16.5. The zero-order valence-electron chi connectivity index (χ0n) is 73.7. The van der Waals surface area contributed by atoms with E-state index in [0.29, 0.717) is 26.1 Å². The molecule has 14 heteroatoms. The summed E-state index contributed by atoms with van der Waals surface area (Å²) in [7, 11) is 0. The van der Waals surface area contributed by atoms with Gasteiger partial charge in [0, 0.05) is 114 Å². The number of H-pyrrole nitrogens is 4. The lowest BCUT2D eigenvalue weighted by molar-refractivity contribution is -0.125. The number of ether oxygens (including phenoxy) is 2. The highest BCUT2D eigenvalue weighted by molar-refractivity contribution is 6.03. The molecule has 16 bridgehead atoms. The van der Waals surface area contributed by atoms with Crippen molar-refractivity contribution in [1.82, 2.24) is 50.5 Å². The number of rotatable bonds is 34. The van der Waals surface area contributed by atoms with E-state index in [-0.39, 0.29) is 23.9 Å². The molecule has 0 spiro atoms. The third kappa shape index (κ3) is 19.9. The predicted molar refractivity (Wildman–Crippen MR) is 538 cm³/mol. The normalized spacial score (nSPS) is 13.8. The molecule has 1 aliphatic carbocycles. The first-order valence-corrected chi connectivity index (χ1v) is 47.0. The minimum absolute atomic E-state index is 0.00475. The van der Waals surface area contributed by atoms with Gasteiger partial charge in [0.25, 0.3) is 0 Å². The number of hydrogen-bond acceptors (Lipinski definition) is 8. The average molecular weight is 1710 g/mol. The fraction of sp³-hybridized carbons (Fsp3) is 0.224. The van der Waals surface area contributed by atoms with E-state index in [0.717, 1.165) is 306 Å². The summed E-state index contributed by atoms with van der Waals surface area (Å²) in [5.74, 6) is 1.90. The van der Waals surface area contributed by atoms with Gasteiger partial charge in [0.15, 0.2) is 0 Å². The number of amides is 2. The first-order chi connectivity index (χ1) is 64.3. The maximum Gasteiger partial charge on any atom is 0.220 e. The quantitative estimate of drug-likeness (QED) is 0.0215. The molecule has 8 aromatic carbocycles. The van der Waals surface area contributed by atoms with E-state index in [9.17, 15) is 9.59 Å². The molecule has 1 saturated carbocycles. The molecule has 14 aromatic rings. The molecule has 0 radical (unpaired) electrons. The van der Waals surface area contributed by atoms with Crippen LogP contribution in [0.5, 0.6) is 11.5 Å². The van der Waals surface area contributed by atoms with Gasteiger partial charge in [-0.05, 0) is 204 Å². The number of benzene rings is 8. The molecule has 2 amide bonds. The molecule has 648 valence electrons. The highest BCUT2D eigenvalue weighted by Crippen LogP contribution is 2.43. The maximum absolute atomic E-state index is 13.3. The van der Waals surface area contributed by atoms with E-state index >= 15 is 0 Å². The van der Waals surface area contributed by atoms with E-state index in [1.54, 1.807) is 0 Å². The molecule has 14 nitrogen and oxygen atoms in total. The molecular formula is C116H110N10O4. The summed E-state index contributed by atoms with van der Waals surface area (Å²) in [4.78, 5) is 64.0. The molecule has 4 aliphatic heterocycles. The molecule has 0 unspecified atom stereocenters. The van der Waals surface area contributed by atoms with Gasteiger partial charge in [-0.1, -0.05) is 296 Å². The summed E-state index contributed by atoms with van der Waals surface area (Å²) in [5, 5.41) is 6.68. The number of nitrogens with one attached hydrogen (secondary N) is 6. The van der Waals surface area contributed by atoms with Crippen molar-refractivity contribution in [3.8, 4) is 101 Å². The van der Waals surface area contributed by atoms with Crippen molar-refractivity contribution in [2.75, 3.05) is 13.2 Å². The zero-order valence-corrected chi connectivity index (χ0v) is 73.7. The Kier molecular flexibility index (Phi) is 26.8. The summed E-state index contributed by atoms with van der Waals surface area (Å²) in [6.07, 6.45) is 39.4. The lowest BCUT2D eigenvalue weighted by Crippen LogP contribution is -2.53. The topological polar surface area (TPSA) is 191 Å². The van der Waals surface area contributed by atoms with Crippen LogP contribution in [0.3, 0.4) is 0 Å². The SMILES string of the molecule is O=C(CCCCCCCCCCOc1ccc(-c2c3nc(c(-c4ccccc4)c4ccc([nH]4)c(-c4ccccc4)c4nc(c(-c5ccccc5)c5ccc2[nH]5)C=C4)C=C3)cc1)N[C@@H]1CCCC[C@H]1NC(=O)CCCCCCCCCCOc1ccc(-c2c3nc(c(-c4ccccc4)c4ccc([nH]4)c(-c4ccccc4)c4nc(c(-c5ccccc5)c5ccc2[nH]5)C=C4)C=C3)cc1. The van der Waals surface area contributed by atoms with Crippen molar-refractivity contribution in [2.24, 2.45) is 0 Å². The van der Waals surface area contributed by atoms with Gasteiger partial charge in [-0.3, -0.25) is 9.59 Å². The minimum atomic E-state index is -0.00475. The molecule has 5 aliphatic rings. The fourth-order valence-corrected chi connectivity index (χ4v) is 19.2. The lowest BCUT2D eigenvalue weighted by atomic mass is 9.90. The number of carbonyl (C=O) groups excluding carboxylic acids is 2. The number of unbranched alkanes of at least 4 members (excludes halogenated alkanes) is 14. The van der Waals surface area contributed by atoms with Crippen LogP contribution >= 0.6 is 0 Å². The Morgan fingerprint density at radius 3 is 0.646 bits per heavy atom. The molecule has 19 rings (SSSR count). The first-order valence-electron chi connectivity index (χ1n) is 47.0. The Morgan fingerprint density at radius 2 is 0.431 bits per heavy atom. The summed E-state index contributed by atoms with van der Waals surface area (Å²) < 4.78 is 12.8. The van der Waals surface area contributed by atoms with Crippen LogP contribution in [0.15, 0.2) is 279 Å². The van der Waals surface area contributed by atoms with E-state index in [4.69, 9.17) is 29.4 Å². The van der Waals surface area contributed by atoms with Crippen molar-refractivity contribution < 1.29 is 19.1 Å². The van der Waals surface area contributed by atoms with E-state index in [1.165, 1.54) is 12.8 Å². The average Bonchev–Trinajstić information content (AvgIpc) is 1.62. The second kappa shape index (κ2) is 41.1. The van der Waals surface area contributed by atoms with Gasteiger partial charge < -0.3 is 40.0 Å². The number of aromatic amines is 4. The second-order valence-corrected chi connectivity index (χ2v) is 34.7. The smallest absolute Gasteiger partial charge is 0.220 e. The minimum Gasteiger partial charge on any atom is -0.494 e. The molecule has 6 aromatic heterocycles. The van der Waals surface area contributed by atoms with Crippen LogP contribution in [-0.2, 0) is 9.59 Å². The molecule has 2 atom stereocenters. The van der Waals surface area contributed by atoms with E-state index in [2.05, 4.69) is 358 Å². The van der Waals surface area contributed by atoms with Crippen LogP contribution in [0.25, 0.3) is 182 Å². The summed E-state index contributed by atoms with van der Waals surface area (Å²) in [6.45, 7) is 1.30. The van der Waals surface area contributed by atoms with Gasteiger partial charge in [-0.2, -0.15) is 0 Å². The van der Waals surface area contributed by atoms with Gasteiger partial charge in [0.2, 0.25) is 11.8 Å². The molecule has 10 heterocycles. The Labute approximate surface area is 761 Å². The van der Waals surface area contributed by atoms with Gasteiger partial charge in [-0.25, -0.2) is 19.9 Å². The summed E-state index contributed by atoms with van der Waals surface area (Å²) in [5.41, 5.74) is 31.2. The third-order valence-corrected chi connectivity index (χ3v) is 25.8. The van der Waals surface area contributed by atoms with Gasteiger partial charge in [-0.15, -0.1) is 0 Å². The summed E-state index contributed by atoms with van der Waals surface area (Å²) >= 11 is 0. The van der Waals surface area contributed by atoms with Crippen LogP contribution < -0.4 is 20.1 Å². The highest BCUT2D eigenvalue weighted by Gasteiger charge is 2.29. The van der Waals surface area contributed by atoms with Crippen molar-refractivity contribution in [2.45, 2.75) is 153 Å². The fourth-order valence-electron chi connectivity index (χ4n) is 19.2. The van der Waals surface area contributed by atoms with Crippen LogP contribution in [0, 0.1) is 0 Å². The molecule has 130 heavy (non-hydrogen) atoms. The van der Waals surface area contributed by atoms with Crippen molar-refractivity contribution >= 4 is 105 Å². The molecule has 0 saturated heterocycles. The Hall–Kier alpha value is -14.5. The van der Waals surface area contributed by atoms with Crippen molar-refractivity contribution in [3.05, 3.63) is 325 Å². The predicted octanol–water partition coefficient (Wildman–Crippen LogP) is 29.0. The van der Waals surface area contributed by atoms with Crippen molar-refractivity contribution in [3.63, 3.8) is 0 Å².